The zero-order valence-corrected chi connectivity index (χ0v) is 17.9. The van der Waals surface area contributed by atoms with Crippen molar-refractivity contribution in [2.45, 2.75) is 39.2 Å². The van der Waals surface area contributed by atoms with Gasteiger partial charge in [-0.15, -0.1) is 0 Å². The number of guanidine groups is 1. The molecule has 0 bridgehead atoms. The molecule has 0 saturated carbocycles. The first kappa shape index (κ1) is 22.7. The largest absolute Gasteiger partial charge is 0.382 e. The zero-order chi connectivity index (χ0) is 20.0. The number of nitrogens with one attached hydrogen (secondary N) is 2. The Morgan fingerprint density at radius 3 is 2.54 bits per heavy atom. The minimum absolute atomic E-state index is 0.343. The second-order valence-electron chi connectivity index (χ2n) is 7.27. The van der Waals surface area contributed by atoms with Gasteiger partial charge in [0.2, 0.25) is 0 Å². The van der Waals surface area contributed by atoms with Gasteiger partial charge in [0.1, 0.15) is 0 Å². The van der Waals surface area contributed by atoms with E-state index in [2.05, 4.69) is 53.6 Å². The number of aliphatic imine (C=N–C) groups is 1. The highest BCUT2D eigenvalue weighted by molar-refractivity contribution is 5.79. The fourth-order valence-corrected chi connectivity index (χ4v) is 3.42. The summed E-state index contributed by atoms with van der Waals surface area (Å²) in [6.45, 7) is 11.1. The van der Waals surface area contributed by atoms with Crippen molar-refractivity contribution in [1.82, 2.24) is 15.5 Å². The lowest BCUT2D eigenvalue weighted by molar-refractivity contribution is 0.0698. The molecule has 2 N–H and O–H groups in total. The SMILES string of the molecule is CCNC(=NCC(c1ccc(C)cc1)N1CCCC1)NCCCOCCOC. The maximum Gasteiger partial charge on any atom is 0.191 e. The molecule has 1 saturated heterocycles. The number of hydrogen-bond acceptors (Lipinski definition) is 4. The summed E-state index contributed by atoms with van der Waals surface area (Å²) in [6, 6.07) is 9.26. The third-order valence-electron chi connectivity index (χ3n) is 5.00. The van der Waals surface area contributed by atoms with E-state index < -0.39 is 0 Å². The zero-order valence-electron chi connectivity index (χ0n) is 17.9. The van der Waals surface area contributed by atoms with Crippen LogP contribution in [0.1, 0.15) is 43.4 Å². The van der Waals surface area contributed by atoms with Gasteiger partial charge < -0.3 is 20.1 Å². The maximum atomic E-state index is 5.52. The highest BCUT2D eigenvalue weighted by atomic mass is 16.5. The number of aryl methyl sites for hydroxylation is 1. The average molecular weight is 391 g/mol. The normalized spacial score (nSPS) is 16.3. The van der Waals surface area contributed by atoms with Gasteiger partial charge in [0.05, 0.1) is 25.8 Å². The lowest BCUT2D eigenvalue weighted by atomic mass is 10.0. The van der Waals surface area contributed by atoms with Gasteiger partial charge in [-0.3, -0.25) is 9.89 Å². The molecule has 1 aromatic rings. The molecule has 1 unspecified atom stereocenters. The van der Waals surface area contributed by atoms with Gasteiger partial charge in [-0.1, -0.05) is 29.8 Å². The molecule has 1 fully saturated rings. The Bertz CT molecular complexity index is 556. The summed E-state index contributed by atoms with van der Waals surface area (Å²) in [7, 11) is 1.69. The maximum absolute atomic E-state index is 5.52. The van der Waals surface area contributed by atoms with Crippen LogP contribution in [0.2, 0.25) is 0 Å². The molecule has 0 aliphatic carbocycles. The van der Waals surface area contributed by atoms with Crippen molar-refractivity contribution in [1.29, 1.82) is 0 Å². The minimum atomic E-state index is 0.343. The molecule has 6 heteroatoms. The number of rotatable bonds is 12. The predicted molar refractivity (Wildman–Crippen MR) is 116 cm³/mol. The van der Waals surface area contributed by atoms with Crippen molar-refractivity contribution in [2.24, 2.45) is 4.99 Å². The van der Waals surface area contributed by atoms with Gasteiger partial charge in [0, 0.05) is 26.8 Å². The van der Waals surface area contributed by atoms with E-state index in [0.29, 0.717) is 19.3 Å². The molecule has 6 nitrogen and oxygen atoms in total. The second-order valence-corrected chi connectivity index (χ2v) is 7.27. The smallest absolute Gasteiger partial charge is 0.191 e. The molecule has 28 heavy (non-hydrogen) atoms. The number of nitrogens with zero attached hydrogens (tertiary/aromatic N) is 2. The quantitative estimate of drug-likeness (QED) is 0.326. The Labute approximate surface area is 170 Å². The summed E-state index contributed by atoms with van der Waals surface area (Å²) >= 11 is 0. The molecule has 1 heterocycles. The van der Waals surface area contributed by atoms with Gasteiger partial charge in [0.25, 0.3) is 0 Å². The molecule has 2 rings (SSSR count). The average Bonchev–Trinajstić information content (AvgIpc) is 3.23. The molecule has 158 valence electrons. The molecule has 1 atom stereocenters. The molecule has 1 aliphatic heterocycles. The molecule has 1 aromatic carbocycles. The molecule has 0 radical (unpaired) electrons. The summed E-state index contributed by atoms with van der Waals surface area (Å²) in [5.74, 6) is 0.885. The van der Waals surface area contributed by atoms with E-state index in [4.69, 9.17) is 14.5 Å². The Morgan fingerprint density at radius 1 is 1.11 bits per heavy atom. The van der Waals surface area contributed by atoms with Crippen molar-refractivity contribution in [3.63, 3.8) is 0 Å². The first-order valence-electron chi connectivity index (χ1n) is 10.6. The van der Waals surface area contributed by atoms with Crippen LogP contribution in [0.15, 0.2) is 29.3 Å². The van der Waals surface area contributed by atoms with Gasteiger partial charge in [-0.25, -0.2) is 0 Å². The van der Waals surface area contributed by atoms with Crippen molar-refractivity contribution >= 4 is 5.96 Å². The van der Waals surface area contributed by atoms with E-state index in [1.807, 2.05) is 0 Å². The fraction of sp³-hybridized carbons (Fsp3) is 0.682. The van der Waals surface area contributed by atoms with E-state index in [9.17, 15) is 0 Å². The third-order valence-corrected chi connectivity index (χ3v) is 5.00. The van der Waals surface area contributed by atoms with E-state index in [1.54, 1.807) is 7.11 Å². The summed E-state index contributed by atoms with van der Waals surface area (Å²) < 4.78 is 10.5. The van der Waals surface area contributed by atoms with Gasteiger partial charge in [0.15, 0.2) is 5.96 Å². The summed E-state index contributed by atoms with van der Waals surface area (Å²) in [5, 5.41) is 6.79. The van der Waals surface area contributed by atoms with Crippen molar-refractivity contribution in [3.8, 4) is 0 Å². The highest BCUT2D eigenvalue weighted by Crippen LogP contribution is 2.25. The molecular weight excluding hydrogens is 352 g/mol. The lowest BCUT2D eigenvalue weighted by Crippen LogP contribution is -2.39. The van der Waals surface area contributed by atoms with E-state index in [1.165, 1.54) is 24.0 Å². The monoisotopic (exact) mass is 390 g/mol. The van der Waals surface area contributed by atoms with Crippen LogP contribution in [-0.2, 0) is 9.47 Å². The molecular formula is C22H38N4O2. The standard InChI is InChI=1S/C22H38N4O2/c1-4-23-22(24-12-7-15-28-17-16-27-3)25-18-21(26-13-5-6-14-26)20-10-8-19(2)9-11-20/h8-11,21H,4-7,12-18H2,1-3H3,(H2,23,24,25). The number of likely N-dealkylation sites (tertiary alicyclic amines) is 1. The molecule has 0 spiro atoms. The first-order valence-corrected chi connectivity index (χ1v) is 10.6. The van der Waals surface area contributed by atoms with Crippen LogP contribution in [0.25, 0.3) is 0 Å². The van der Waals surface area contributed by atoms with Crippen molar-refractivity contribution in [3.05, 3.63) is 35.4 Å². The van der Waals surface area contributed by atoms with Crippen LogP contribution in [0.4, 0.5) is 0 Å². The van der Waals surface area contributed by atoms with Crippen molar-refractivity contribution in [2.75, 3.05) is 59.7 Å². The van der Waals surface area contributed by atoms with Crippen LogP contribution in [0, 0.1) is 6.92 Å². The minimum Gasteiger partial charge on any atom is -0.382 e. The number of hydrogen-bond donors (Lipinski definition) is 2. The van der Waals surface area contributed by atoms with E-state index in [0.717, 1.165) is 51.7 Å². The van der Waals surface area contributed by atoms with Crippen LogP contribution >= 0.6 is 0 Å². The molecule has 0 amide bonds. The second kappa shape index (κ2) is 13.5. The van der Waals surface area contributed by atoms with Gasteiger partial charge in [-0.2, -0.15) is 0 Å². The molecule has 0 aromatic heterocycles. The Balaban J connectivity index is 1.89. The number of benzene rings is 1. The third kappa shape index (κ3) is 8.17. The number of ether oxygens (including phenoxy) is 2. The van der Waals surface area contributed by atoms with Gasteiger partial charge >= 0.3 is 0 Å². The Morgan fingerprint density at radius 2 is 1.86 bits per heavy atom. The fourth-order valence-electron chi connectivity index (χ4n) is 3.42. The first-order chi connectivity index (χ1) is 13.7. The van der Waals surface area contributed by atoms with Crippen LogP contribution in [0.5, 0.6) is 0 Å². The predicted octanol–water partition coefficient (Wildman–Crippen LogP) is 2.74. The van der Waals surface area contributed by atoms with E-state index in [-0.39, 0.29) is 0 Å². The summed E-state index contributed by atoms with van der Waals surface area (Å²) in [5.41, 5.74) is 2.66. The lowest BCUT2D eigenvalue weighted by Gasteiger charge is -2.27. The van der Waals surface area contributed by atoms with Crippen LogP contribution in [-0.4, -0.2) is 70.5 Å². The Hall–Kier alpha value is -1.63. The van der Waals surface area contributed by atoms with Crippen LogP contribution < -0.4 is 10.6 Å². The van der Waals surface area contributed by atoms with Gasteiger partial charge in [-0.05, 0) is 51.8 Å². The van der Waals surface area contributed by atoms with Crippen LogP contribution in [0.3, 0.4) is 0 Å². The van der Waals surface area contributed by atoms with E-state index >= 15 is 0 Å². The Kier molecular flexibility index (Phi) is 10.9. The number of methoxy groups -OCH3 is 1. The van der Waals surface area contributed by atoms with Crippen molar-refractivity contribution < 1.29 is 9.47 Å². The highest BCUT2D eigenvalue weighted by Gasteiger charge is 2.23. The topological polar surface area (TPSA) is 58.1 Å². The summed E-state index contributed by atoms with van der Waals surface area (Å²) in [6.07, 6.45) is 3.52. The molecule has 1 aliphatic rings. The summed E-state index contributed by atoms with van der Waals surface area (Å²) in [4.78, 5) is 7.47.